The zero-order chi connectivity index (χ0) is 9.10. The molecule has 68 valence electrons. The zero-order valence-electron chi connectivity index (χ0n) is 7.39. The SMILES string of the molecule is Fc1ccccc1/C=C1/CCNC1. The monoisotopic (exact) mass is 177 g/mol. The molecular formula is C11H12FN. The lowest BCUT2D eigenvalue weighted by Gasteiger charge is -1.97. The van der Waals surface area contributed by atoms with Crippen molar-refractivity contribution in [2.24, 2.45) is 0 Å². The highest BCUT2D eigenvalue weighted by Gasteiger charge is 2.06. The Bertz CT molecular complexity index is 323. The highest BCUT2D eigenvalue weighted by Crippen LogP contribution is 2.14. The normalized spacial score (nSPS) is 19.6. The predicted molar refractivity (Wildman–Crippen MR) is 51.9 cm³/mol. The second kappa shape index (κ2) is 3.71. The fourth-order valence-corrected chi connectivity index (χ4v) is 1.52. The van der Waals surface area contributed by atoms with Crippen molar-refractivity contribution >= 4 is 6.08 Å². The fourth-order valence-electron chi connectivity index (χ4n) is 1.52. The van der Waals surface area contributed by atoms with Gasteiger partial charge in [-0.15, -0.1) is 0 Å². The number of hydrogen-bond donors (Lipinski definition) is 1. The van der Waals surface area contributed by atoms with Gasteiger partial charge in [-0.05, 0) is 19.0 Å². The summed E-state index contributed by atoms with van der Waals surface area (Å²) in [6.45, 7) is 1.91. The number of rotatable bonds is 1. The van der Waals surface area contributed by atoms with Crippen LogP contribution in [0, 0.1) is 5.82 Å². The highest BCUT2D eigenvalue weighted by atomic mass is 19.1. The minimum Gasteiger partial charge on any atom is -0.313 e. The van der Waals surface area contributed by atoms with E-state index in [0.717, 1.165) is 19.5 Å². The van der Waals surface area contributed by atoms with Gasteiger partial charge in [0.1, 0.15) is 5.82 Å². The average Bonchev–Trinajstić information content (AvgIpc) is 2.61. The predicted octanol–water partition coefficient (Wildman–Crippen LogP) is 2.20. The van der Waals surface area contributed by atoms with Crippen LogP contribution >= 0.6 is 0 Å². The van der Waals surface area contributed by atoms with Crippen molar-refractivity contribution in [2.75, 3.05) is 13.1 Å². The lowest BCUT2D eigenvalue weighted by atomic mass is 10.1. The quantitative estimate of drug-likeness (QED) is 0.693. The van der Waals surface area contributed by atoms with E-state index in [-0.39, 0.29) is 5.82 Å². The zero-order valence-corrected chi connectivity index (χ0v) is 7.39. The van der Waals surface area contributed by atoms with E-state index in [1.165, 1.54) is 11.6 Å². The van der Waals surface area contributed by atoms with Gasteiger partial charge in [0, 0.05) is 12.1 Å². The molecule has 2 heteroatoms. The number of nitrogens with one attached hydrogen (secondary N) is 1. The molecular weight excluding hydrogens is 165 g/mol. The molecule has 0 saturated carbocycles. The highest BCUT2D eigenvalue weighted by molar-refractivity contribution is 5.54. The van der Waals surface area contributed by atoms with Gasteiger partial charge >= 0.3 is 0 Å². The second-order valence-electron chi connectivity index (χ2n) is 3.25. The van der Waals surface area contributed by atoms with E-state index >= 15 is 0 Å². The molecule has 1 N–H and O–H groups in total. The third kappa shape index (κ3) is 1.95. The van der Waals surface area contributed by atoms with Crippen molar-refractivity contribution in [3.8, 4) is 0 Å². The molecule has 0 atom stereocenters. The Morgan fingerprint density at radius 2 is 2.15 bits per heavy atom. The number of hydrogen-bond acceptors (Lipinski definition) is 1. The summed E-state index contributed by atoms with van der Waals surface area (Å²) in [6, 6.07) is 6.87. The summed E-state index contributed by atoms with van der Waals surface area (Å²) in [5.41, 5.74) is 1.98. The molecule has 0 spiro atoms. The number of halogens is 1. The molecule has 1 nitrogen and oxygen atoms in total. The Kier molecular flexibility index (Phi) is 2.41. The minimum atomic E-state index is -0.137. The molecule has 0 aromatic heterocycles. The van der Waals surface area contributed by atoms with Crippen LogP contribution < -0.4 is 5.32 Å². The first kappa shape index (κ1) is 8.45. The summed E-state index contributed by atoms with van der Waals surface area (Å²) in [5.74, 6) is -0.137. The van der Waals surface area contributed by atoms with Crippen LogP contribution in [-0.4, -0.2) is 13.1 Å². The van der Waals surface area contributed by atoms with E-state index in [2.05, 4.69) is 5.32 Å². The molecule has 0 amide bonds. The first-order valence-corrected chi connectivity index (χ1v) is 4.51. The van der Waals surface area contributed by atoms with Crippen molar-refractivity contribution in [3.05, 3.63) is 41.2 Å². The van der Waals surface area contributed by atoms with Gasteiger partial charge in [0.15, 0.2) is 0 Å². The van der Waals surface area contributed by atoms with Gasteiger partial charge in [-0.2, -0.15) is 0 Å². The van der Waals surface area contributed by atoms with Crippen LogP contribution in [-0.2, 0) is 0 Å². The van der Waals surface area contributed by atoms with Crippen LogP contribution in [0.25, 0.3) is 6.08 Å². The average molecular weight is 177 g/mol. The molecule has 1 aromatic carbocycles. The molecule has 0 bridgehead atoms. The van der Waals surface area contributed by atoms with Crippen LogP contribution in [0.4, 0.5) is 4.39 Å². The van der Waals surface area contributed by atoms with Gasteiger partial charge in [0.2, 0.25) is 0 Å². The molecule has 0 unspecified atom stereocenters. The Hall–Kier alpha value is -1.15. The van der Waals surface area contributed by atoms with Crippen molar-refractivity contribution in [2.45, 2.75) is 6.42 Å². The van der Waals surface area contributed by atoms with Crippen LogP contribution in [0.15, 0.2) is 29.8 Å². The molecule has 0 radical (unpaired) electrons. The summed E-state index contributed by atoms with van der Waals surface area (Å²) < 4.78 is 13.2. The molecule has 13 heavy (non-hydrogen) atoms. The van der Waals surface area contributed by atoms with E-state index in [4.69, 9.17) is 0 Å². The summed E-state index contributed by atoms with van der Waals surface area (Å²) >= 11 is 0. The van der Waals surface area contributed by atoms with Gasteiger partial charge in [-0.1, -0.05) is 29.8 Å². The first-order chi connectivity index (χ1) is 6.36. The third-order valence-electron chi connectivity index (χ3n) is 2.24. The summed E-state index contributed by atoms with van der Waals surface area (Å²) in [4.78, 5) is 0. The smallest absolute Gasteiger partial charge is 0.130 e. The van der Waals surface area contributed by atoms with Crippen LogP contribution in [0.3, 0.4) is 0 Å². The Balaban J connectivity index is 2.25. The summed E-state index contributed by atoms with van der Waals surface area (Å²) in [5, 5.41) is 3.22. The van der Waals surface area contributed by atoms with E-state index in [1.54, 1.807) is 12.1 Å². The second-order valence-corrected chi connectivity index (χ2v) is 3.25. The summed E-state index contributed by atoms with van der Waals surface area (Å²) in [6.07, 6.45) is 2.98. The van der Waals surface area contributed by atoms with Crippen molar-refractivity contribution in [1.82, 2.24) is 5.32 Å². The Morgan fingerprint density at radius 3 is 2.85 bits per heavy atom. The Morgan fingerprint density at radius 1 is 1.31 bits per heavy atom. The lowest BCUT2D eigenvalue weighted by molar-refractivity contribution is 0.625. The van der Waals surface area contributed by atoms with E-state index in [0.29, 0.717) is 5.56 Å². The van der Waals surface area contributed by atoms with Crippen molar-refractivity contribution < 1.29 is 4.39 Å². The van der Waals surface area contributed by atoms with Crippen molar-refractivity contribution in [3.63, 3.8) is 0 Å². The van der Waals surface area contributed by atoms with E-state index in [9.17, 15) is 4.39 Å². The molecule has 1 fully saturated rings. The van der Waals surface area contributed by atoms with Crippen LogP contribution in [0.5, 0.6) is 0 Å². The fraction of sp³-hybridized carbons (Fsp3) is 0.273. The van der Waals surface area contributed by atoms with Gasteiger partial charge in [0.05, 0.1) is 0 Å². The molecule has 1 saturated heterocycles. The molecule has 0 aliphatic carbocycles. The van der Waals surface area contributed by atoms with Gasteiger partial charge in [0.25, 0.3) is 0 Å². The lowest BCUT2D eigenvalue weighted by Crippen LogP contribution is -2.04. The molecule has 1 heterocycles. The molecule has 2 rings (SSSR count). The molecule has 1 aliphatic heterocycles. The van der Waals surface area contributed by atoms with Gasteiger partial charge in [-0.25, -0.2) is 4.39 Å². The third-order valence-corrected chi connectivity index (χ3v) is 2.24. The van der Waals surface area contributed by atoms with Gasteiger partial charge < -0.3 is 5.32 Å². The van der Waals surface area contributed by atoms with Crippen LogP contribution in [0.2, 0.25) is 0 Å². The minimum absolute atomic E-state index is 0.137. The summed E-state index contributed by atoms with van der Waals surface area (Å²) in [7, 11) is 0. The largest absolute Gasteiger partial charge is 0.313 e. The maximum absolute atomic E-state index is 13.2. The molecule has 1 aliphatic rings. The number of benzene rings is 1. The van der Waals surface area contributed by atoms with Gasteiger partial charge in [-0.3, -0.25) is 0 Å². The maximum Gasteiger partial charge on any atom is 0.130 e. The standard InChI is InChI=1S/C11H12FN/c12-11-4-2-1-3-10(11)7-9-5-6-13-8-9/h1-4,7,13H,5-6,8H2/b9-7-. The Labute approximate surface area is 77.3 Å². The molecule has 1 aromatic rings. The van der Waals surface area contributed by atoms with E-state index in [1.807, 2.05) is 12.1 Å². The topological polar surface area (TPSA) is 12.0 Å². The van der Waals surface area contributed by atoms with Crippen LogP contribution in [0.1, 0.15) is 12.0 Å². The van der Waals surface area contributed by atoms with E-state index < -0.39 is 0 Å². The first-order valence-electron chi connectivity index (χ1n) is 4.51. The van der Waals surface area contributed by atoms with Crippen molar-refractivity contribution in [1.29, 1.82) is 0 Å². The maximum atomic E-state index is 13.2.